The second-order valence-electron chi connectivity index (χ2n) is 8.41. The van der Waals surface area contributed by atoms with Crippen LogP contribution in [0.25, 0.3) is 0 Å². The van der Waals surface area contributed by atoms with E-state index >= 15 is 0 Å². The van der Waals surface area contributed by atoms with E-state index in [1.54, 1.807) is 0 Å². The predicted octanol–water partition coefficient (Wildman–Crippen LogP) is 8.21. The van der Waals surface area contributed by atoms with Gasteiger partial charge in [-0.1, -0.05) is 91.7 Å². The molecule has 3 rings (SSSR count). The molecule has 0 aromatic heterocycles. The number of hydrogen-bond acceptors (Lipinski definition) is 3. The van der Waals surface area contributed by atoms with Gasteiger partial charge in [-0.3, -0.25) is 0 Å². The predicted molar refractivity (Wildman–Crippen MR) is 150 cm³/mol. The van der Waals surface area contributed by atoms with Gasteiger partial charge in [0, 0.05) is 23.2 Å². The summed E-state index contributed by atoms with van der Waals surface area (Å²) in [6.07, 6.45) is 10.7. The summed E-state index contributed by atoms with van der Waals surface area (Å²) in [6, 6.07) is 18.3. The summed E-state index contributed by atoms with van der Waals surface area (Å²) >= 11 is 6.05. The van der Waals surface area contributed by atoms with Crippen LogP contribution in [0.5, 0.6) is 0 Å². The molecule has 2 aromatic rings. The van der Waals surface area contributed by atoms with Gasteiger partial charge in [0.15, 0.2) is 0 Å². The van der Waals surface area contributed by atoms with Gasteiger partial charge >= 0.3 is 0 Å². The third-order valence-electron chi connectivity index (χ3n) is 5.67. The van der Waals surface area contributed by atoms with Crippen LogP contribution >= 0.6 is 11.6 Å². The number of nitrogens with one attached hydrogen (secondary N) is 3. The van der Waals surface area contributed by atoms with Gasteiger partial charge in [0.25, 0.3) is 0 Å². The number of hydrazine groups is 1. The summed E-state index contributed by atoms with van der Waals surface area (Å²) in [6.45, 7) is 13.5. The van der Waals surface area contributed by atoms with E-state index in [1.165, 1.54) is 22.3 Å². The molecular weight excluding hydrogens is 438 g/mol. The topological polar surface area (TPSA) is 36.1 Å². The van der Waals surface area contributed by atoms with Crippen molar-refractivity contribution in [3.8, 4) is 0 Å². The molecule has 0 amide bonds. The number of benzene rings is 2. The molecule has 182 valence electrons. The van der Waals surface area contributed by atoms with E-state index < -0.39 is 0 Å². The molecule has 0 aliphatic heterocycles. The number of halogens is 1. The maximum absolute atomic E-state index is 6.05. The van der Waals surface area contributed by atoms with Crippen LogP contribution in [0.1, 0.15) is 52.5 Å². The van der Waals surface area contributed by atoms with E-state index in [2.05, 4.69) is 85.2 Å². The smallest absolute Gasteiger partial charge is 0.117 e. The number of hydrogen-bond donors (Lipinski definition) is 3. The molecule has 0 saturated carbocycles. The van der Waals surface area contributed by atoms with Crippen LogP contribution in [0.3, 0.4) is 0 Å². The minimum Gasteiger partial charge on any atom is -0.341 e. The van der Waals surface area contributed by atoms with Crippen molar-refractivity contribution in [3.05, 3.63) is 113 Å². The van der Waals surface area contributed by atoms with Crippen molar-refractivity contribution in [1.82, 2.24) is 10.9 Å². The lowest BCUT2D eigenvalue weighted by Gasteiger charge is -2.21. The minimum atomic E-state index is 0.393. The Labute approximate surface area is 211 Å². The zero-order valence-electron chi connectivity index (χ0n) is 21.1. The Morgan fingerprint density at radius 1 is 1.06 bits per heavy atom. The molecule has 34 heavy (non-hydrogen) atoms. The third-order valence-corrected chi connectivity index (χ3v) is 5.92. The van der Waals surface area contributed by atoms with Crippen molar-refractivity contribution in [2.24, 2.45) is 5.92 Å². The van der Waals surface area contributed by atoms with Crippen LogP contribution in [-0.2, 0) is 6.42 Å². The van der Waals surface area contributed by atoms with Crippen LogP contribution in [0.4, 0.5) is 5.69 Å². The fourth-order valence-electron chi connectivity index (χ4n) is 3.69. The van der Waals surface area contributed by atoms with Gasteiger partial charge in [0.05, 0.1) is 0 Å². The van der Waals surface area contributed by atoms with Crippen molar-refractivity contribution in [2.45, 2.75) is 53.4 Å². The zero-order valence-corrected chi connectivity index (χ0v) is 21.9. The molecule has 1 aliphatic carbocycles. The van der Waals surface area contributed by atoms with Crippen LogP contribution in [0, 0.1) is 5.92 Å². The Balaban J connectivity index is 0.00000199. The van der Waals surface area contributed by atoms with E-state index in [4.69, 9.17) is 11.6 Å². The lowest BCUT2D eigenvalue weighted by molar-refractivity contribution is 0.574. The lowest BCUT2D eigenvalue weighted by Crippen LogP contribution is -2.35. The Kier molecular flexibility index (Phi) is 12.3. The largest absolute Gasteiger partial charge is 0.341 e. The van der Waals surface area contributed by atoms with E-state index in [-0.39, 0.29) is 0 Å². The van der Waals surface area contributed by atoms with Crippen molar-refractivity contribution in [1.29, 1.82) is 0 Å². The lowest BCUT2D eigenvalue weighted by atomic mass is 9.88. The van der Waals surface area contributed by atoms with Crippen molar-refractivity contribution < 1.29 is 0 Å². The van der Waals surface area contributed by atoms with Gasteiger partial charge in [-0.25, -0.2) is 5.43 Å². The molecule has 0 fully saturated rings. The zero-order chi connectivity index (χ0) is 24.8. The highest BCUT2D eigenvalue weighted by Gasteiger charge is 2.13. The van der Waals surface area contributed by atoms with Gasteiger partial charge in [-0.15, -0.1) is 0 Å². The molecular formula is C30H40ClN3. The Hall–Kier alpha value is -2.75. The fourth-order valence-corrected chi connectivity index (χ4v) is 3.81. The molecule has 1 atom stereocenters. The molecule has 0 spiro atoms. The third kappa shape index (κ3) is 9.62. The first kappa shape index (κ1) is 27.5. The van der Waals surface area contributed by atoms with Gasteiger partial charge in [-0.05, 0) is 74.9 Å². The summed E-state index contributed by atoms with van der Waals surface area (Å²) < 4.78 is 0. The first-order chi connectivity index (χ1) is 16.5. The Morgan fingerprint density at radius 3 is 2.41 bits per heavy atom. The summed E-state index contributed by atoms with van der Waals surface area (Å²) in [4.78, 5) is 0. The van der Waals surface area contributed by atoms with Gasteiger partial charge in [0.2, 0.25) is 0 Å². The molecule has 0 saturated heterocycles. The van der Waals surface area contributed by atoms with Gasteiger partial charge < -0.3 is 10.7 Å². The number of anilines is 1. The average molecular weight is 478 g/mol. The van der Waals surface area contributed by atoms with Gasteiger partial charge in [0.1, 0.15) is 5.82 Å². The molecule has 1 aliphatic rings. The molecule has 3 nitrogen and oxygen atoms in total. The summed E-state index contributed by atoms with van der Waals surface area (Å²) in [5.74, 6) is 1.35. The SMILES string of the molecule is C=C(C/C(C)=C(/NNCCCc1ccccc1)Nc1ccc(Cl)cc1)C1C=CC(C)=CC1.CC. The highest BCUT2D eigenvalue weighted by atomic mass is 35.5. The van der Waals surface area contributed by atoms with Gasteiger partial charge in [-0.2, -0.15) is 0 Å². The molecule has 0 heterocycles. The first-order valence-corrected chi connectivity index (χ1v) is 12.7. The summed E-state index contributed by atoms with van der Waals surface area (Å²) in [5.41, 5.74) is 12.9. The standard InChI is InChI=1S/C28H34ClN3.C2H6/c1-21-11-13-25(14-12-21)22(2)20-23(3)28(31-27-17-15-26(29)16-18-27)32-30-19-7-10-24-8-5-4-6-9-24;1-2/h4-6,8-9,11-13,15-18,25,30-32H,2,7,10,14,19-20H2,1,3H3;1-2H3/b28-23+;. The van der Waals surface area contributed by atoms with E-state index in [0.29, 0.717) is 5.92 Å². The van der Waals surface area contributed by atoms with E-state index in [9.17, 15) is 0 Å². The summed E-state index contributed by atoms with van der Waals surface area (Å²) in [7, 11) is 0. The first-order valence-electron chi connectivity index (χ1n) is 12.3. The number of rotatable bonds is 11. The van der Waals surface area contributed by atoms with Crippen molar-refractivity contribution in [3.63, 3.8) is 0 Å². The quantitative estimate of drug-likeness (QED) is 0.173. The number of allylic oxidation sites excluding steroid dienone is 6. The monoisotopic (exact) mass is 477 g/mol. The minimum absolute atomic E-state index is 0.393. The summed E-state index contributed by atoms with van der Waals surface area (Å²) in [5, 5.41) is 4.23. The van der Waals surface area contributed by atoms with Crippen LogP contribution < -0.4 is 16.2 Å². The Morgan fingerprint density at radius 2 is 1.76 bits per heavy atom. The van der Waals surface area contributed by atoms with Crippen LogP contribution in [0.15, 0.2) is 102 Å². The molecule has 2 aromatic carbocycles. The second-order valence-corrected chi connectivity index (χ2v) is 8.85. The van der Waals surface area contributed by atoms with Crippen LogP contribution in [0.2, 0.25) is 5.02 Å². The highest BCUT2D eigenvalue weighted by molar-refractivity contribution is 6.30. The molecule has 3 N–H and O–H groups in total. The normalized spacial score (nSPS) is 15.4. The van der Waals surface area contributed by atoms with Crippen LogP contribution in [-0.4, -0.2) is 6.54 Å². The van der Waals surface area contributed by atoms with E-state index in [1.807, 2.05) is 38.1 Å². The van der Waals surface area contributed by atoms with Crippen molar-refractivity contribution >= 4 is 17.3 Å². The molecule has 1 unspecified atom stereocenters. The maximum Gasteiger partial charge on any atom is 0.117 e. The highest BCUT2D eigenvalue weighted by Crippen LogP contribution is 2.27. The Bertz CT molecular complexity index is 972. The molecule has 0 radical (unpaired) electrons. The van der Waals surface area contributed by atoms with Crippen molar-refractivity contribution in [2.75, 3.05) is 11.9 Å². The molecule has 0 bridgehead atoms. The number of aryl methyl sites for hydroxylation is 1. The maximum atomic E-state index is 6.05. The molecule has 4 heteroatoms. The second kappa shape index (κ2) is 15.2. The average Bonchev–Trinajstić information content (AvgIpc) is 2.86. The van der Waals surface area contributed by atoms with E-state index in [0.717, 1.165) is 48.8 Å². The fraction of sp³-hybridized carbons (Fsp3) is 0.333.